The molecule has 6 nitrogen and oxygen atoms in total. The highest BCUT2D eigenvalue weighted by Gasteiger charge is 2.21. The van der Waals surface area contributed by atoms with Gasteiger partial charge in [0, 0.05) is 11.4 Å². The molecule has 20 heavy (non-hydrogen) atoms. The van der Waals surface area contributed by atoms with E-state index >= 15 is 0 Å². The molecule has 3 N–H and O–H groups in total. The number of thiophene rings is 1. The number of rotatable bonds is 5. The molecule has 2 rings (SSSR count). The predicted molar refractivity (Wildman–Crippen MR) is 78.0 cm³/mol. The van der Waals surface area contributed by atoms with Gasteiger partial charge in [0.05, 0.1) is 12.5 Å². The molecule has 0 spiro atoms. The molecule has 8 heteroatoms. The van der Waals surface area contributed by atoms with Crippen LogP contribution in [0.15, 0.2) is 16.3 Å². The van der Waals surface area contributed by atoms with Crippen molar-refractivity contribution in [1.82, 2.24) is 15.4 Å². The third-order valence-corrected chi connectivity index (χ3v) is 6.27. The second-order valence-electron chi connectivity index (χ2n) is 4.69. The van der Waals surface area contributed by atoms with Crippen molar-refractivity contribution in [2.45, 2.75) is 23.6 Å². The molecule has 112 valence electrons. The van der Waals surface area contributed by atoms with E-state index in [-0.39, 0.29) is 16.0 Å². The number of carbonyl (C=O) groups excluding carboxylic acids is 1. The number of hydrogen-bond donors (Lipinski definition) is 3. The van der Waals surface area contributed by atoms with Crippen molar-refractivity contribution < 1.29 is 13.2 Å². The van der Waals surface area contributed by atoms with Gasteiger partial charge in [-0.3, -0.25) is 4.79 Å². The van der Waals surface area contributed by atoms with Crippen molar-refractivity contribution >= 4 is 27.3 Å². The van der Waals surface area contributed by atoms with E-state index in [2.05, 4.69) is 15.4 Å². The minimum absolute atomic E-state index is 0.0178. The molecule has 1 atom stereocenters. The topological polar surface area (TPSA) is 87.3 Å². The van der Waals surface area contributed by atoms with Gasteiger partial charge < -0.3 is 10.6 Å². The van der Waals surface area contributed by atoms with Crippen LogP contribution in [0, 0.1) is 5.92 Å². The van der Waals surface area contributed by atoms with Crippen molar-refractivity contribution in [2.75, 3.05) is 20.1 Å². The summed E-state index contributed by atoms with van der Waals surface area (Å²) in [5.74, 6) is 0.0489. The summed E-state index contributed by atoms with van der Waals surface area (Å²) < 4.78 is 25.7. The first-order chi connectivity index (χ1) is 9.53. The summed E-state index contributed by atoms with van der Waals surface area (Å²) in [6.07, 6.45) is 1.92. The fourth-order valence-corrected chi connectivity index (χ4v) is 4.23. The maximum Gasteiger partial charge on any atom is 0.249 e. The monoisotopic (exact) mass is 317 g/mol. The minimum atomic E-state index is -3.39. The Kier molecular flexibility index (Phi) is 5.14. The van der Waals surface area contributed by atoms with Crippen LogP contribution in [-0.2, 0) is 21.4 Å². The standard InChI is InChI=1S/C12H19N3O3S2/c1-13-20(17,18)11-5-4-10(19-11)8-15-12(16)9-3-2-6-14-7-9/h4-5,9,13-14H,2-3,6-8H2,1H3,(H,15,16). The molecular formula is C12H19N3O3S2. The Morgan fingerprint density at radius 1 is 1.50 bits per heavy atom. The fraction of sp³-hybridized carbons (Fsp3) is 0.583. The minimum Gasteiger partial charge on any atom is -0.351 e. The molecule has 0 aromatic carbocycles. The Hall–Kier alpha value is -0.960. The van der Waals surface area contributed by atoms with Crippen LogP contribution in [0.4, 0.5) is 0 Å². The fourth-order valence-electron chi connectivity index (χ4n) is 2.09. The lowest BCUT2D eigenvalue weighted by Crippen LogP contribution is -2.40. The molecule has 1 saturated heterocycles. The van der Waals surface area contributed by atoms with E-state index in [4.69, 9.17) is 0 Å². The summed E-state index contributed by atoms with van der Waals surface area (Å²) in [5.41, 5.74) is 0. The zero-order valence-electron chi connectivity index (χ0n) is 11.3. The lowest BCUT2D eigenvalue weighted by Gasteiger charge is -2.21. The summed E-state index contributed by atoms with van der Waals surface area (Å²) in [7, 11) is -2.01. The average Bonchev–Trinajstić information content (AvgIpc) is 2.95. The SMILES string of the molecule is CNS(=O)(=O)c1ccc(CNC(=O)C2CCCNC2)s1. The predicted octanol–water partition coefficient (Wildman–Crippen LogP) is 0.272. The van der Waals surface area contributed by atoms with E-state index < -0.39 is 10.0 Å². The van der Waals surface area contributed by atoms with E-state index in [9.17, 15) is 13.2 Å². The molecule has 1 aliphatic heterocycles. The van der Waals surface area contributed by atoms with Crippen LogP contribution in [0.2, 0.25) is 0 Å². The number of nitrogens with one attached hydrogen (secondary N) is 3. The number of amides is 1. The first-order valence-corrected chi connectivity index (χ1v) is 8.83. The number of piperidine rings is 1. The molecule has 0 aliphatic carbocycles. The van der Waals surface area contributed by atoms with E-state index in [1.54, 1.807) is 12.1 Å². The molecule has 2 heterocycles. The van der Waals surface area contributed by atoms with Crippen LogP contribution < -0.4 is 15.4 Å². The second kappa shape index (κ2) is 6.66. The highest BCUT2D eigenvalue weighted by molar-refractivity contribution is 7.91. The summed E-state index contributed by atoms with van der Waals surface area (Å²) in [5, 5.41) is 6.07. The molecule has 0 radical (unpaired) electrons. The van der Waals surface area contributed by atoms with Crippen molar-refractivity contribution in [3.63, 3.8) is 0 Å². The van der Waals surface area contributed by atoms with Gasteiger partial charge >= 0.3 is 0 Å². The number of carbonyl (C=O) groups is 1. The van der Waals surface area contributed by atoms with Gasteiger partial charge in [0.15, 0.2) is 0 Å². The third-order valence-electron chi connectivity index (χ3n) is 3.28. The molecule has 1 amide bonds. The van der Waals surface area contributed by atoms with E-state index in [1.807, 2.05) is 0 Å². The summed E-state index contributed by atoms with van der Waals surface area (Å²) >= 11 is 1.17. The average molecular weight is 317 g/mol. The van der Waals surface area contributed by atoms with Crippen molar-refractivity contribution in [2.24, 2.45) is 5.92 Å². The lowest BCUT2D eigenvalue weighted by molar-refractivity contribution is -0.125. The van der Waals surface area contributed by atoms with Crippen LogP contribution in [0.3, 0.4) is 0 Å². The second-order valence-corrected chi connectivity index (χ2v) is 7.97. The smallest absolute Gasteiger partial charge is 0.249 e. The summed E-state index contributed by atoms with van der Waals surface area (Å²) in [4.78, 5) is 12.8. The van der Waals surface area contributed by atoms with Gasteiger partial charge in [-0.1, -0.05) is 0 Å². The van der Waals surface area contributed by atoms with Crippen LogP contribution in [0.5, 0.6) is 0 Å². The van der Waals surface area contributed by atoms with Gasteiger partial charge in [-0.05, 0) is 38.6 Å². The third kappa shape index (κ3) is 3.78. The molecular weight excluding hydrogens is 298 g/mol. The Bertz CT molecular complexity index is 562. The number of hydrogen-bond acceptors (Lipinski definition) is 5. The van der Waals surface area contributed by atoms with Gasteiger partial charge in [0.2, 0.25) is 15.9 Å². The molecule has 1 unspecified atom stereocenters. The Morgan fingerprint density at radius 2 is 2.30 bits per heavy atom. The van der Waals surface area contributed by atoms with E-state index in [0.717, 1.165) is 30.8 Å². The van der Waals surface area contributed by atoms with Crippen molar-refractivity contribution in [3.05, 3.63) is 17.0 Å². The zero-order valence-corrected chi connectivity index (χ0v) is 12.9. The molecule has 1 aromatic rings. The van der Waals surface area contributed by atoms with Crippen LogP contribution in [0.1, 0.15) is 17.7 Å². The molecule has 1 fully saturated rings. The maximum atomic E-state index is 12.0. The normalized spacial score (nSPS) is 19.8. The Balaban J connectivity index is 1.89. The van der Waals surface area contributed by atoms with Gasteiger partial charge in [-0.2, -0.15) is 0 Å². The molecule has 0 saturated carbocycles. The summed E-state index contributed by atoms with van der Waals surface area (Å²) in [6, 6.07) is 3.29. The Morgan fingerprint density at radius 3 is 2.95 bits per heavy atom. The molecule has 1 aliphatic rings. The van der Waals surface area contributed by atoms with Crippen LogP contribution in [0.25, 0.3) is 0 Å². The van der Waals surface area contributed by atoms with Crippen LogP contribution >= 0.6 is 11.3 Å². The van der Waals surface area contributed by atoms with Gasteiger partial charge in [-0.15, -0.1) is 11.3 Å². The van der Waals surface area contributed by atoms with E-state index in [1.165, 1.54) is 18.4 Å². The first-order valence-electron chi connectivity index (χ1n) is 6.53. The largest absolute Gasteiger partial charge is 0.351 e. The van der Waals surface area contributed by atoms with Crippen molar-refractivity contribution in [3.8, 4) is 0 Å². The Labute approximate surface area is 123 Å². The first kappa shape index (κ1) is 15.4. The van der Waals surface area contributed by atoms with Gasteiger partial charge in [0.1, 0.15) is 4.21 Å². The molecule has 1 aromatic heterocycles. The van der Waals surface area contributed by atoms with Gasteiger partial charge in [-0.25, -0.2) is 13.1 Å². The lowest BCUT2D eigenvalue weighted by atomic mass is 9.99. The quantitative estimate of drug-likeness (QED) is 0.727. The maximum absolute atomic E-state index is 12.0. The summed E-state index contributed by atoms with van der Waals surface area (Å²) in [6.45, 7) is 2.06. The van der Waals surface area contributed by atoms with Crippen LogP contribution in [-0.4, -0.2) is 34.5 Å². The van der Waals surface area contributed by atoms with Gasteiger partial charge in [0.25, 0.3) is 0 Å². The van der Waals surface area contributed by atoms with Crippen molar-refractivity contribution in [1.29, 1.82) is 0 Å². The highest BCUT2D eigenvalue weighted by Crippen LogP contribution is 2.21. The number of sulfonamides is 1. The van der Waals surface area contributed by atoms with E-state index in [0.29, 0.717) is 6.54 Å². The molecule has 0 bridgehead atoms. The highest BCUT2D eigenvalue weighted by atomic mass is 32.2. The zero-order chi connectivity index (χ0) is 14.6.